The van der Waals surface area contributed by atoms with Crippen molar-refractivity contribution in [2.24, 2.45) is 4.99 Å². The molecule has 0 radical (unpaired) electrons. The normalized spacial score (nSPS) is 18.7. The summed E-state index contributed by atoms with van der Waals surface area (Å²) in [5.74, 6) is 0.874. The second kappa shape index (κ2) is 12.4. The van der Waals surface area contributed by atoms with E-state index >= 15 is 0 Å². The van der Waals surface area contributed by atoms with Crippen LogP contribution in [0.3, 0.4) is 0 Å². The van der Waals surface area contributed by atoms with Gasteiger partial charge in [-0.2, -0.15) is 0 Å². The van der Waals surface area contributed by atoms with E-state index in [4.69, 9.17) is 4.74 Å². The van der Waals surface area contributed by atoms with E-state index in [9.17, 15) is 0 Å². The minimum absolute atomic E-state index is 0. The van der Waals surface area contributed by atoms with Crippen LogP contribution in [0.15, 0.2) is 29.3 Å². The van der Waals surface area contributed by atoms with Gasteiger partial charge in [0.2, 0.25) is 0 Å². The maximum absolute atomic E-state index is 5.42. The Morgan fingerprint density at radius 2 is 1.70 bits per heavy atom. The summed E-state index contributed by atoms with van der Waals surface area (Å²) in [6.45, 7) is 8.89. The van der Waals surface area contributed by atoms with Gasteiger partial charge in [0.05, 0.1) is 13.2 Å². The molecule has 152 valence electrons. The van der Waals surface area contributed by atoms with Gasteiger partial charge in [-0.3, -0.25) is 4.99 Å². The number of hydrogen-bond donors (Lipinski definition) is 2. The quantitative estimate of drug-likeness (QED) is 0.367. The summed E-state index contributed by atoms with van der Waals surface area (Å²) >= 11 is 0. The van der Waals surface area contributed by atoms with Gasteiger partial charge in [0.1, 0.15) is 0 Å². The van der Waals surface area contributed by atoms with Gasteiger partial charge in [0.25, 0.3) is 0 Å². The lowest BCUT2D eigenvalue weighted by Crippen LogP contribution is -2.42. The highest BCUT2D eigenvalue weighted by Crippen LogP contribution is 2.16. The highest BCUT2D eigenvalue weighted by molar-refractivity contribution is 14.0. The SMILES string of the molecule is CN=C(NCCN1CCCCC1)NCc1ccc(N2CCOCC2)cc1.I. The molecular formula is C20H34IN5O. The summed E-state index contributed by atoms with van der Waals surface area (Å²) in [4.78, 5) is 9.24. The first-order chi connectivity index (χ1) is 12.8. The van der Waals surface area contributed by atoms with Crippen LogP contribution in [0.25, 0.3) is 0 Å². The van der Waals surface area contributed by atoms with E-state index in [0.717, 1.165) is 51.9 Å². The summed E-state index contributed by atoms with van der Waals surface area (Å²) in [7, 11) is 1.83. The molecule has 2 aliphatic rings. The predicted molar refractivity (Wildman–Crippen MR) is 123 cm³/mol. The minimum Gasteiger partial charge on any atom is -0.378 e. The van der Waals surface area contributed by atoms with E-state index in [1.165, 1.54) is 43.6 Å². The van der Waals surface area contributed by atoms with E-state index in [1.807, 2.05) is 7.05 Å². The van der Waals surface area contributed by atoms with Gasteiger partial charge in [-0.05, 0) is 43.6 Å². The number of anilines is 1. The first kappa shape index (κ1) is 22.2. The number of guanidine groups is 1. The Morgan fingerprint density at radius 1 is 1.00 bits per heavy atom. The molecule has 2 N–H and O–H groups in total. The van der Waals surface area contributed by atoms with Gasteiger partial charge in [0.15, 0.2) is 5.96 Å². The Bertz CT molecular complexity index is 554. The summed E-state index contributed by atoms with van der Waals surface area (Å²) in [6, 6.07) is 8.79. The van der Waals surface area contributed by atoms with E-state index in [0.29, 0.717) is 0 Å². The molecule has 3 rings (SSSR count). The van der Waals surface area contributed by atoms with E-state index < -0.39 is 0 Å². The molecule has 0 amide bonds. The molecule has 0 bridgehead atoms. The van der Waals surface area contributed by atoms with Crippen LogP contribution in [0, 0.1) is 0 Å². The second-order valence-electron chi connectivity index (χ2n) is 7.02. The Hall–Kier alpha value is -1.06. The molecule has 0 spiro atoms. The molecule has 0 saturated carbocycles. The molecule has 7 heteroatoms. The maximum Gasteiger partial charge on any atom is 0.191 e. The molecule has 0 unspecified atom stereocenters. The van der Waals surface area contributed by atoms with Gasteiger partial charge >= 0.3 is 0 Å². The number of nitrogens with one attached hydrogen (secondary N) is 2. The van der Waals surface area contributed by atoms with Gasteiger partial charge in [0, 0.05) is 45.5 Å². The molecule has 0 aromatic heterocycles. The van der Waals surface area contributed by atoms with Crippen molar-refractivity contribution in [3.05, 3.63) is 29.8 Å². The summed E-state index contributed by atoms with van der Waals surface area (Å²) in [5.41, 5.74) is 2.54. The lowest BCUT2D eigenvalue weighted by molar-refractivity contribution is 0.122. The Kier molecular flexibility index (Phi) is 10.2. The fourth-order valence-electron chi connectivity index (χ4n) is 3.57. The smallest absolute Gasteiger partial charge is 0.191 e. The van der Waals surface area contributed by atoms with Gasteiger partial charge in [-0.15, -0.1) is 24.0 Å². The fraction of sp³-hybridized carbons (Fsp3) is 0.650. The standard InChI is InChI=1S/C20H33N5O.HI/c1-21-20(22-9-12-24-10-3-2-4-11-24)23-17-18-5-7-19(8-6-18)25-13-15-26-16-14-25;/h5-8H,2-4,9-17H2,1H3,(H2,21,22,23);1H. The highest BCUT2D eigenvalue weighted by atomic mass is 127. The molecule has 2 heterocycles. The molecule has 2 aliphatic heterocycles. The van der Waals surface area contributed by atoms with Gasteiger partial charge < -0.3 is 25.2 Å². The number of halogens is 1. The average molecular weight is 487 g/mol. The number of hydrogen-bond acceptors (Lipinski definition) is 4. The van der Waals surface area contributed by atoms with Crippen LogP contribution in [-0.4, -0.2) is 70.4 Å². The van der Waals surface area contributed by atoms with Crippen molar-refractivity contribution in [3.8, 4) is 0 Å². The third kappa shape index (κ3) is 7.46. The molecule has 27 heavy (non-hydrogen) atoms. The molecule has 0 aliphatic carbocycles. The van der Waals surface area contributed by atoms with Crippen molar-refractivity contribution >= 4 is 35.6 Å². The van der Waals surface area contributed by atoms with Crippen molar-refractivity contribution in [1.82, 2.24) is 15.5 Å². The zero-order valence-electron chi connectivity index (χ0n) is 16.5. The van der Waals surface area contributed by atoms with Crippen molar-refractivity contribution in [1.29, 1.82) is 0 Å². The minimum atomic E-state index is 0. The molecule has 2 saturated heterocycles. The van der Waals surface area contributed by atoms with Crippen LogP contribution in [0.2, 0.25) is 0 Å². The van der Waals surface area contributed by atoms with E-state index in [1.54, 1.807) is 0 Å². The van der Waals surface area contributed by atoms with Gasteiger partial charge in [-0.25, -0.2) is 0 Å². The summed E-state index contributed by atoms with van der Waals surface area (Å²) in [6.07, 6.45) is 4.07. The Balaban J connectivity index is 0.00000261. The molecular weight excluding hydrogens is 453 g/mol. The summed E-state index contributed by atoms with van der Waals surface area (Å²) < 4.78 is 5.42. The molecule has 6 nitrogen and oxygen atoms in total. The number of likely N-dealkylation sites (tertiary alicyclic amines) is 1. The number of aliphatic imine (C=N–C) groups is 1. The fourth-order valence-corrected chi connectivity index (χ4v) is 3.57. The predicted octanol–water partition coefficient (Wildman–Crippen LogP) is 2.29. The Labute approximate surface area is 180 Å². The average Bonchev–Trinajstić information content (AvgIpc) is 2.72. The second-order valence-corrected chi connectivity index (χ2v) is 7.02. The molecule has 1 aromatic carbocycles. The monoisotopic (exact) mass is 487 g/mol. The largest absolute Gasteiger partial charge is 0.378 e. The van der Waals surface area contributed by atoms with E-state index in [-0.39, 0.29) is 24.0 Å². The van der Waals surface area contributed by atoms with Crippen molar-refractivity contribution in [2.45, 2.75) is 25.8 Å². The zero-order chi connectivity index (χ0) is 18.0. The highest BCUT2D eigenvalue weighted by Gasteiger charge is 2.11. The molecule has 2 fully saturated rings. The first-order valence-corrected chi connectivity index (χ1v) is 9.93. The van der Waals surface area contributed by atoms with Crippen molar-refractivity contribution < 1.29 is 4.74 Å². The third-order valence-corrected chi connectivity index (χ3v) is 5.17. The lowest BCUT2D eigenvalue weighted by Gasteiger charge is -2.29. The molecule has 0 atom stereocenters. The van der Waals surface area contributed by atoms with Crippen LogP contribution >= 0.6 is 24.0 Å². The number of piperidine rings is 1. The first-order valence-electron chi connectivity index (χ1n) is 9.93. The van der Waals surface area contributed by atoms with E-state index in [2.05, 4.69) is 49.7 Å². The number of benzene rings is 1. The van der Waals surface area contributed by atoms with Crippen LogP contribution in [-0.2, 0) is 11.3 Å². The van der Waals surface area contributed by atoms with Crippen LogP contribution in [0.1, 0.15) is 24.8 Å². The van der Waals surface area contributed by atoms with Crippen LogP contribution in [0.5, 0.6) is 0 Å². The number of nitrogens with zero attached hydrogens (tertiary/aromatic N) is 3. The van der Waals surface area contributed by atoms with Crippen molar-refractivity contribution in [3.63, 3.8) is 0 Å². The van der Waals surface area contributed by atoms with Crippen LogP contribution in [0.4, 0.5) is 5.69 Å². The Morgan fingerprint density at radius 3 is 2.37 bits per heavy atom. The lowest BCUT2D eigenvalue weighted by atomic mass is 10.1. The van der Waals surface area contributed by atoms with Crippen molar-refractivity contribution in [2.75, 3.05) is 64.4 Å². The van der Waals surface area contributed by atoms with Crippen LogP contribution < -0.4 is 15.5 Å². The maximum atomic E-state index is 5.42. The third-order valence-electron chi connectivity index (χ3n) is 5.17. The number of rotatable bonds is 6. The topological polar surface area (TPSA) is 52.1 Å². The summed E-state index contributed by atoms with van der Waals surface area (Å²) in [5, 5.41) is 6.83. The number of morpholine rings is 1. The molecule has 1 aromatic rings. The number of ether oxygens (including phenoxy) is 1. The van der Waals surface area contributed by atoms with Gasteiger partial charge in [-0.1, -0.05) is 18.6 Å². The zero-order valence-corrected chi connectivity index (χ0v) is 18.8.